The SMILES string of the molecule is CCCCc1ccc2cc3cc(C)c(F)c(F)c3cc2c1.CCCc1ccc2cc3cc(C)c(F)c(F)c3cc2c1.CCc1ccc2cc3cc(C)c(F)c(F)c3cc2c1.Cc1ccc2cc3cc(C)c(F)c(F)c3cc2c1. The fourth-order valence-electron chi connectivity index (χ4n) is 10.3. The van der Waals surface area contributed by atoms with Gasteiger partial charge in [0.05, 0.1) is 0 Å². The second-order valence-electron chi connectivity index (χ2n) is 20.7. The largest absolute Gasteiger partial charge is 0.203 e. The third-order valence-corrected chi connectivity index (χ3v) is 14.7. The smallest absolute Gasteiger partial charge is 0.166 e. The van der Waals surface area contributed by atoms with Gasteiger partial charge in [-0.15, -0.1) is 0 Å². The Hall–Kier alpha value is -7.84. The average Bonchev–Trinajstić information content (AvgIpc) is 3.47. The van der Waals surface area contributed by atoms with Gasteiger partial charge in [-0.3, -0.25) is 0 Å². The molecule has 0 heterocycles. The van der Waals surface area contributed by atoms with Gasteiger partial charge < -0.3 is 0 Å². The average molecular weight is 1050 g/mol. The molecule has 12 rings (SSSR count). The molecule has 8 heteroatoms. The zero-order valence-electron chi connectivity index (χ0n) is 45.1. The summed E-state index contributed by atoms with van der Waals surface area (Å²) in [5, 5.41) is 12.4. The van der Waals surface area contributed by atoms with Gasteiger partial charge in [0.25, 0.3) is 0 Å². The summed E-state index contributed by atoms with van der Waals surface area (Å²) >= 11 is 0. The van der Waals surface area contributed by atoms with Crippen LogP contribution in [-0.2, 0) is 19.3 Å². The maximum absolute atomic E-state index is 14.1. The Labute approximate surface area is 450 Å². The Balaban J connectivity index is 0.000000127. The fraction of sp³-hybridized carbons (Fsp3) is 0.200. The Kier molecular flexibility index (Phi) is 16.2. The van der Waals surface area contributed by atoms with Crippen LogP contribution in [0.1, 0.15) is 84.5 Å². The molecule has 0 saturated carbocycles. The summed E-state index contributed by atoms with van der Waals surface area (Å²) in [6, 6.07) is 46.1. The van der Waals surface area contributed by atoms with E-state index in [-0.39, 0.29) is 0 Å². The van der Waals surface area contributed by atoms with Crippen molar-refractivity contribution >= 4 is 86.2 Å². The number of hydrogen-bond donors (Lipinski definition) is 0. The summed E-state index contributed by atoms with van der Waals surface area (Å²) in [6.45, 7) is 14.7. The molecular formula is C70H60F8. The zero-order chi connectivity index (χ0) is 55.7. The number of unbranched alkanes of at least 4 members (excludes halogenated alkanes) is 1. The topological polar surface area (TPSA) is 0 Å². The second-order valence-corrected chi connectivity index (χ2v) is 20.7. The molecule has 0 aliphatic heterocycles. The first kappa shape index (κ1) is 54.9. The minimum absolute atomic E-state index is 0.339. The molecule has 0 fully saturated rings. The quantitative estimate of drug-likeness (QED) is 0.115. The minimum atomic E-state index is -0.756. The summed E-state index contributed by atoms with van der Waals surface area (Å²) in [5.74, 6) is -6.00. The van der Waals surface area contributed by atoms with Crippen LogP contribution >= 0.6 is 0 Å². The van der Waals surface area contributed by atoms with Crippen LogP contribution in [0.5, 0.6) is 0 Å². The highest BCUT2D eigenvalue weighted by Crippen LogP contribution is 2.33. The highest BCUT2D eigenvalue weighted by atomic mass is 19.2. The van der Waals surface area contributed by atoms with E-state index < -0.39 is 46.5 Å². The van der Waals surface area contributed by atoms with Crippen molar-refractivity contribution in [2.45, 2.75) is 93.9 Å². The van der Waals surface area contributed by atoms with Gasteiger partial charge in [-0.2, -0.15) is 0 Å². The normalized spacial score (nSPS) is 11.4. The van der Waals surface area contributed by atoms with Crippen LogP contribution in [0, 0.1) is 81.2 Å². The maximum Gasteiger partial charge on any atom is 0.166 e. The van der Waals surface area contributed by atoms with Crippen LogP contribution in [0.15, 0.2) is 146 Å². The first-order valence-electron chi connectivity index (χ1n) is 26.6. The van der Waals surface area contributed by atoms with E-state index in [0.29, 0.717) is 43.8 Å². The highest BCUT2D eigenvalue weighted by molar-refractivity contribution is 6.02. The summed E-state index contributed by atoms with van der Waals surface area (Å²) in [6.07, 6.45) is 6.31. The van der Waals surface area contributed by atoms with Gasteiger partial charge >= 0.3 is 0 Å². The van der Waals surface area contributed by atoms with E-state index in [1.165, 1.54) is 16.7 Å². The van der Waals surface area contributed by atoms with Crippen molar-refractivity contribution in [2.24, 2.45) is 0 Å². The summed E-state index contributed by atoms with van der Waals surface area (Å²) in [7, 11) is 0. The Bertz CT molecular complexity index is 4290. The maximum atomic E-state index is 14.1. The lowest BCUT2D eigenvalue weighted by Gasteiger charge is -2.08. The zero-order valence-corrected chi connectivity index (χ0v) is 45.1. The summed E-state index contributed by atoms with van der Waals surface area (Å²) < 4.78 is 111. The van der Waals surface area contributed by atoms with E-state index in [0.717, 1.165) is 109 Å². The number of aryl methyl sites for hydroxylation is 8. The molecule has 12 aromatic carbocycles. The molecule has 78 heavy (non-hydrogen) atoms. The highest BCUT2D eigenvalue weighted by Gasteiger charge is 2.16. The molecule has 0 atom stereocenters. The van der Waals surface area contributed by atoms with E-state index in [9.17, 15) is 35.1 Å². The van der Waals surface area contributed by atoms with Crippen molar-refractivity contribution < 1.29 is 35.1 Å². The van der Waals surface area contributed by atoms with Crippen LogP contribution in [0.3, 0.4) is 0 Å². The second kappa shape index (κ2) is 23.0. The van der Waals surface area contributed by atoms with Crippen molar-refractivity contribution in [3.05, 3.63) is 237 Å². The van der Waals surface area contributed by atoms with E-state index in [2.05, 4.69) is 63.2 Å². The molecule has 0 saturated heterocycles. The number of rotatable bonds is 6. The van der Waals surface area contributed by atoms with Crippen LogP contribution in [0.25, 0.3) is 86.2 Å². The molecule has 0 spiro atoms. The lowest BCUT2D eigenvalue weighted by Crippen LogP contribution is -1.92. The van der Waals surface area contributed by atoms with E-state index in [1.807, 2.05) is 61.5 Å². The lowest BCUT2D eigenvalue weighted by molar-refractivity contribution is 0.511. The number of hydrogen-bond acceptors (Lipinski definition) is 0. The van der Waals surface area contributed by atoms with Crippen molar-refractivity contribution in [1.29, 1.82) is 0 Å². The van der Waals surface area contributed by atoms with Gasteiger partial charge in [-0.1, -0.05) is 112 Å². The van der Waals surface area contributed by atoms with E-state index >= 15 is 0 Å². The van der Waals surface area contributed by atoms with Gasteiger partial charge in [0.15, 0.2) is 46.5 Å². The fourth-order valence-corrected chi connectivity index (χ4v) is 10.3. The molecule has 0 aliphatic carbocycles. The number of fused-ring (bicyclic) bond motifs is 8. The Morgan fingerprint density at radius 2 is 0.564 bits per heavy atom. The third-order valence-electron chi connectivity index (χ3n) is 14.7. The van der Waals surface area contributed by atoms with Crippen molar-refractivity contribution in [2.75, 3.05) is 0 Å². The molecule has 0 radical (unpaired) electrons. The van der Waals surface area contributed by atoms with E-state index in [1.54, 1.807) is 76.2 Å². The van der Waals surface area contributed by atoms with E-state index in [4.69, 9.17) is 0 Å². The van der Waals surface area contributed by atoms with Gasteiger partial charge in [0, 0.05) is 21.5 Å². The van der Waals surface area contributed by atoms with Crippen molar-refractivity contribution in [1.82, 2.24) is 0 Å². The van der Waals surface area contributed by atoms with Gasteiger partial charge in [-0.05, 0) is 237 Å². The predicted molar refractivity (Wildman–Crippen MR) is 311 cm³/mol. The molecular weight excluding hydrogens is 993 g/mol. The van der Waals surface area contributed by atoms with Crippen LogP contribution < -0.4 is 0 Å². The van der Waals surface area contributed by atoms with Gasteiger partial charge in [0.2, 0.25) is 0 Å². The molecule has 0 unspecified atom stereocenters. The molecule has 0 N–H and O–H groups in total. The Morgan fingerprint density at radius 3 is 0.897 bits per heavy atom. The van der Waals surface area contributed by atoms with Crippen LogP contribution in [0.4, 0.5) is 35.1 Å². The standard InChI is InChI=1S/C19H18F2.C18H16F2.C17H14F2.C16H12F2/c1-3-4-5-13-6-7-14-10-16-8-12(2)18(20)19(21)17(16)11-15(14)9-13;1-3-4-12-5-6-13-9-15-7-11(2)17(19)18(20)16(15)10-14(13)8-12;1-3-11-4-5-12-8-14-6-10(2)16(18)17(19)15(14)9-13(12)7-11;1-9-3-4-11-7-13-6-10(2)15(17)16(18)14(13)8-12(11)5-9/h6-11H,3-5H2,1-2H3;5-10H,3-4H2,1-2H3;4-9H,3H2,1-2H3;3-8H,1-2H3. The monoisotopic (exact) mass is 1050 g/mol. The van der Waals surface area contributed by atoms with Crippen LogP contribution in [0.2, 0.25) is 0 Å². The first-order valence-corrected chi connectivity index (χ1v) is 26.6. The number of benzene rings is 12. The van der Waals surface area contributed by atoms with Crippen molar-refractivity contribution in [3.63, 3.8) is 0 Å². The molecule has 396 valence electrons. The van der Waals surface area contributed by atoms with Crippen LogP contribution in [-0.4, -0.2) is 0 Å². The Morgan fingerprint density at radius 1 is 0.256 bits per heavy atom. The predicted octanol–water partition coefficient (Wildman–Crippen LogP) is 21.5. The molecule has 12 aromatic rings. The number of halogens is 8. The molecule has 0 nitrogen and oxygen atoms in total. The van der Waals surface area contributed by atoms with Crippen molar-refractivity contribution in [3.8, 4) is 0 Å². The lowest BCUT2D eigenvalue weighted by atomic mass is 9.98. The third kappa shape index (κ3) is 11.3. The molecule has 0 amide bonds. The molecule has 0 aromatic heterocycles. The summed E-state index contributed by atoms with van der Waals surface area (Å²) in [5.41, 5.74) is 6.15. The van der Waals surface area contributed by atoms with Gasteiger partial charge in [-0.25, -0.2) is 35.1 Å². The first-order chi connectivity index (χ1) is 37.3. The minimum Gasteiger partial charge on any atom is -0.203 e. The molecule has 0 aliphatic rings. The molecule has 0 bridgehead atoms. The summed E-state index contributed by atoms with van der Waals surface area (Å²) in [4.78, 5) is 0. The van der Waals surface area contributed by atoms with Gasteiger partial charge in [0.1, 0.15) is 0 Å².